The van der Waals surface area contributed by atoms with Gasteiger partial charge in [-0.15, -0.1) is 0 Å². The van der Waals surface area contributed by atoms with E-state index in [0.29, 0.717) is 26.2 Å². The predicted molar refractivity (Wildman–Crippen MR) is 95.1 cm³/mol. The topological polar surface area (TPSA) is 71.4 Å². The predicted octanol–water partition coefficient (Wildman–Crippen LogP) is 1.08. The average molecular weight is 343 g/mol. The fourth-order valence-electron chi connectivity index (χ4n) is 2.88. The summed E-state index contributed by atoms with van der Waals surface area (Å²) in [4.78, 5) is 18.2. The van der Waals surface area contributed by atoms with Crippen molar-refractivity contribution in [3.8, 4) is 0 Å². The van der Waals surface area contributed by atoms with E-state index in [0.717, 1.165) is 19.6 Å². The molecule has 2 amide bonds. The van der Waals surface area contributed by atoms with E-state index >= 15 is 0 Å². The molecule has 0 radical (unpaired) electrons. The molecule has 1 aromatic heterocycles. The van der Waals surface area contributed by atoms with Crippen molar-refractivity contribution in [1.29, 1.82) is 0 Å². The number of carbonyl (C=O) groups excluding carboxylic acids is 1. The van der Waals surface area contributed by atoms with E-state index in [1.165, 1.54) is 5.56 Å². The molecular formula is C18H25N5O2. The Morgan fingerprint density at radius 3 is 2.96 bits per heavy atom. The number of morpholine rings is 1. The minimum absolute atomic E-state index is 0.0249. The van der Waals surface area contributed by atoms with E-state index in [4.69, 9.17) is 4.74 Å². The molecule has 2 heterocycles. The number of nitrogens with one attached hydrogen (secondary N) is 2. The van der Waals surface area contributed by atoms with Gasteiger partial charge in [0.25, 0.3) is 0 Å². The Balaban J connectivity index is 1.34. The van der Waals surface area contributed by atoms with Crippen LogP contribution in [0.15, 0.2) is 49.1 Å². The second kappa shape index (κ2) is 9.19. The maximum absolute atomic E-state index is 11.9. The summed E-state index contributed by atoms with van der Waals surface area (Å²) in [6.07, 6.45) is 5.35. The molecule has 0 saturated carbocycles. The molecule has 1 unspecified atom stereocenters. The Morgan fingerprint density at radius 2 is 2.16 bits per heavy atom. The molecule has 0 spiro atoms. The van der Waals surface area contributed by atoms with Crippen LogP contribution in [0.3, 0.4) is 0 Å². The number of amides is 2. The van der Waals surface area contributed by atoms with Crippen molar-refractivity contribution >= 4 is 6.03 Å². The summed E-state index contributed by atoms with van der Waals surface area (Å²) in [6, 6.07) is 10.3. The zero-order valence-corrected chi connectivity index (χ0v) is 14.3. The van der Waals surface area contributed by atoms with Crippen LogP contribution in [0.1, 0.15) is 5.56 Å². The second-order valence-electron chi connectivity index (χ2n) is 6.15. The molecule has 7 heteroatoms. The van der Waals surface area contributed by atoms with E-state index in [9.17, 15) is 4.79 Å². The van der Waals surface area contributed by atoms with Gasteiger partial charge < -0.3 is 19.9 Å². The van der Waals surface area contributed by atoms with Crippen molar-refractivity contribution in [3.05, 3.63) is 54.6 Å². The maximum atomic E-state index is 11.9. The highest BCUT2D eigenvalue weighted by atomic mass is 16.5. The molecule has 1 saturated heterocycles. The Morgan fingerprint density at radius 1 is 1.28 bits per heavy atom. The van der Waals surface area contributed by atoms with Gasteiger partial charge in [0.15, 0.2) is 0 Å². The zero-order chi connectivity index (χ0) is 17.3. The number of rotatable bonds is 7. The van der Waals surface area contributed by atoms with Gasteiger partial charge in [-0.25, -0.2) is 9.78 Å². The highest BCUT2D eigenvalue weighted by Gasteiger charge is 2.20. The summed E-state index contributed by atoms with van der Waals surface area (Å²) >= 11 is 0. The molecule has 0 aliphatic carbocycles. The van der Waals surface area contributed by atoms with E-state index in [1.807, 2.05) is 16.8 Å². The number of hydrogen-bond donors (Lipinski definition) is 2. The molecule has 2 N–H and O–H groups in total. The first-order chi connectivity index (χ1) is 12.3. The fraction of sp³-hybridized carbons (Fsp3) is 0.444. The first kappa shape index (κ1) is 17.4. The van der Waals surface area contributed by atoms with Crippen molar-refractivity contribution in [2.75, 3.05) is 32.8 Å². The van der Waals surface area contributed by atoms with Crippen molar-refractivity contribution in [2.45, 2.75) is 19.2 Å². The van der Waals surface area contributed by atoms with Gasteiger partial charge in [0.05, 0.1) is 19.0 Å². The molecule has 2 aromatic rings. The number of imidazole rings is 1. The molecule has 25 heavy (non-hydrogen) atoms. The highest BCUT2D eigenvalue weighted by Crippen LogP contribution is 2.10. The summed E-state index contributed by atoms with van der Waals surface area (Å²) in [7, 11) is 0. The van der Waals surface area contributed by atoms with Crippen LogP contribution in [0, 0.1) is 0 Å². The third-order valence-electron chi connectivity index (χ3n) is 4.18. The summed E-state index contributed by atoms with van der Waals surface area (Å²) < 4.78 is 7.69. The summed E-state index contributed by atoms with van der Waals surface area (Å²) in [6.45, 7) is 5.14. The molecule has 3 rings (SSSR count). The van der Waals surface area contributed by atoms with Crippen LogP contribution in [-0.2, 0) is 17.8 Å². The number of carbonyl (C=O) groups is 1. The number of nitrogens with zero attached hydrogens (tertiary/aromatic N) is 3. The van der Waals surface area contributed by atoms with Gasteiger partial charge >= 0.3 is 6.03 Å². The monoisotopic (exact) mass is 343 g/mol. The Kier molecular flexibility index (Phi) is 6.42. The van der Waals surface area contributed by atoms with Gasteiger partial charge in [0.2, 0.25) is 0 Å². The van der Waals surface area contributed by atoms with Crippen molar-refractivity contribution < 1.29 is 9.53 Å². The molecular weight excluding hydrogens is 318 g/mol. The maximum Gasteiger partial charge on any atom is 0.314 e. The Bertz CT molecular complexity index is 632. The minimum Gasteiger partial charge on any atom is -0.374 e. The van der Waals surface area contributed by atoms with E-state index in [1.54, 1.807) is 12.5 Å². The first-order valence-electron chi connectivity index (χ1n) is 8.65. The lowest BCUT2D eigenvalue weighted by Crippen LogP contribution is -2.49. The van der Waals surface area contributed by atoms with Crippen LogP contribution in [0.25, 0.3) is 0 Å². The van der Waals surface area contributed by atoms with Crippen LogP contribution < -0.4 is 10.6 Å². The third-order valence-corrected chi connectivity index (χ3v) is 4.18. The lowest BCUT2D eigenvalue weighted by Gasteiger charge is -2.33. The molecule has 134 valence electrons. The zero-order valence-electron chi connectivity index (χ0n) is 14.3. The highest BCUT2D eigenvalue weighted by molar-refractivity contribution is 5.73. The summed E-state index contributed by atoms with van der Waals surface area (Å²) in [5.41, 5.74) is 1.30. The number of hydrogen-bond acceptors (Lipinski definition) is 4. The fourth-order valence-corrected chi connectivity index (χ4v) is 2.88. The SMILES string of the molecule is O=C(NCCn1ccnc1)NCC1CN(Cc2ccccc2)CCO1. The molecule has 1 aliphatic rings. The third kappa shape index (κ3) is 5.88. The first-order valence-corrected chi connectivity index (χ1v) is 8.65. The normalized spacial score (nSPS) is 18.0. The summed E-state index contributed by atoms with van der Waals surface area (Å²) in [5.74, 6) is 0. The van der Waals surface area contributed by atoms with Gasteiger partial charge in [-0.1, -0.05) is 30.3 Å². The van der Waals surface area contributed by atoms with Gasteiger partial charge in [0.1, 0.15) is 0 Å². The van der Waals surface area contributed by atoms with Crippen molar-refractivity contribution in [2.24, 2.45) is 0 Å². The summed E-state index contributed by atoms with van der Waals surface area (Å²) in [5, 5.41) is 5.73. The Labute approximate surface area is 148 Å². The lowest BCUT2D eigenvalue weighted by molar-refractivity contribution is -0.0287. The minimum atomic E-state index is -0.163. The molecule has 1 aliphatic heterocycles. The van der Waals surface area contributed by atoms with E-state index in [2.05, 4.69) is 44.8 Å². The lowest BCUT2D eigenvalue weighted by atomic mass is 10.2. The van der Waals surface area contributed by atoms with Gasteiger partial charge in [0, 0.05) is 51.7 Å². The molecule has 1 fully saturated rings. The van der Waals surface area contributed by atoms with Crippen LogP contribution >= 0.6 is 0 Å². The Hall–Kier alpha value is -2.38. The molecule has 1 aromatic carbocycles. The quantitative estimate of drug-likeness (QED) is 0.789. The van der Waals surface area contributed by atoms with Gasteiger partial charge in [-0.3, -0.25) is 4.90 Å². The van der Waals surface area contributed by atoms with E-state index < -0.39 is 0 Å². The number of aromatic nitrogens is 2. The van der Waals surface area contributed by atoms with E-state index in [-0.39, 0.29) is 12.1 Å². The number of benzene rings is 1. The number of ether oxygens (including phenoxy) is 1. The van der Waals surface area contributed by atoms with Crippen LogP contribution in [0.4, 0.5) is 4.79 Å². The van der Waals surface area contributed by atoms with Gasteiger partial charge in [-0.2, -0.15) is 0 Å². The van der Waals surface area contributed by atoms with Crippen molar-refractivity contribution in [1.82, 2.24) is 25.1 Å². The smallest absolute Gasteiger partial charge is 0.314 e. The van der Waals surface area contributed by atoms with Crippen LogP contribution in [-0.4, -0.2) is 59.4 Å². The van der Waals surface area contributed by atoms with Crippen molar-refractivity contribution in [3.63, 3.8) is 0 Å². The number of urea groups is 1. The largest absolute Gasteiger partial charge is 0.374 e. The van der Waals surface area contributed by atoms with Gasteiger partial charge in [-0.05, 0) is 5.56 Å². The van der Waals surface area contributed by atoms with Crippen LogP contribution in [0.5, 0.6) is 0 Å². The van der Waals surface area contributed by atoms with Crippen LogP contribution in [0.2, 0.25) is 0 Å². The molecule has 0 bridgehead atoms. The molecule has 1 atom stereocenters. The average Bonchev–Trinajstić information content (AvgIpc) is 3.15. The second-order valence-corrected chi connectivity index (χ2v) is 6.15. The standard InChI is InChI=1S/C18H25N5O2/c24-18(20-7-9-22-8-6-19-15-22)21-12-17-14-23(10-11-25-17)13-16-4-2-1-3-5-16/h1-6,8,15,17H,7,9-14H2,(H2,20,21,24). The molecule has 7 nitrogen and oxygen atoms in total.